The van der Waals surface area contributed by atoms with E-state index >= 15 is 0 Å². The molecule has 4 N–H and O–H groups in total. The van der Waals surface area contributed by atoms with Crippen LogP contribution in [0.25, 0.3) is 17.0 Å². The van der Waals surface area contributed by atoms with Gasteiger partial charge in [0.05, 0.1) is 5.75 Å². The highest BCUT2D eigenvalue weighted by Gasteiger charge is 2.16. The van der Waals surface area contributed by atoms with Gasteiger partial charge in [-0.15, -0.1) is 11.8 Å². The van der Waals surface area contributed by atoms with Crippen LogP contribution in [0.5, 0.6) is 0 Å². The molecule has 0 saturated heterocycles. The highest BCUT2D eigenvalue weighted by Crippen LogP contribution is 2.23. The standard InChI is InChI=1S/C30H25N5O4S/c1-19-15-27(35-39-19)34-28(36)18-40-23-13-11-22(12-14-23)32-30(38)26(33-29(37)20-7-3-2-4-8-20)16-21-17-31-25-10-6-5-9-24(21)25/h2-17,31H,18H2,1H3,(H,32,38)(H,33,37)(H,34,35,36). The quantitative estimate of drug-likeness (QED) is 0.139. The van der Waals surface area contributed by atoms with Crippen LogP contribution in [-0.2, 0) is 9.59 Å². The van der Waals surface area contributed by atoms with Gasteiger partial charge in [-0.3, -0.25) is 14.4 Å². The highest BCUT2D eigenvalue weighted by atomic mass is 32.2. The Morgan fingerprint density at radius 3 is 2.45 bits per heavy atom. The molecule has 0 atom stereocenters. The summed E-state index contributed by atoms with van der Waals surface area (Å²) in [7, 11) is 0. The van der Waals surface area contributed by atoms with Crippen LogP contribution in [0.1, 0.15) is 21.7 Å². The average Bonchev–Trinajstić information content (AvgIpc) is 3.58. The lowest BCUT2D eigenvalue weighted by Gasteiger charge is -2.12. The molecule has 40 heavy (non-hydrogen) atoms. The van der Waals surface area contributed by atoms with E-state index in [0.29, 0.717) is 22.8 Å². The molecule has 5 aromatic rings. The van der Waals surface area contributed by atoms with Crippen LogP contribution in [-0.4, -0.2) is 33.6 Å². The first-order valence-corrected chi connectivity index (χ1v) is 13.3. The van der Waals surface area contributed by atoms with Crippen molar-refractivity contribution in [2.24, 2.45) is 0 Å². The Kier molecular flexibility index (Phi) is 8.07. The fourth-order valence-electron chi connectivity index (χ4n) is 3.90. The second-order valence-electron chi connectivity index (χ2n) is 8.81. The van der Waals surface area contributed by atoms with Crippen molar-refractivity contribution in [3.63, 3.8) is 0 Å². The number of amides is 3. The van der Waals surface area contributed by atoms with Gasteiger partial charge in [0.1, 0.15) is 11.5 Å². The Balaban J connectivity index is 1.28. The number of nitrogens with zero attached hydrogens (tertiary/aromatic N) is 1. The first-order chi connectivity index (χ1) is 19.4. The minimum atomic E-state index is -0.475. The summed E-state index contributed by atoms with van der Waals surface area (Å²) in [6, 6.07) is 25.1. The zero-order valence-corrected chi connectivity index (χ0v) is 22.2. The molecule has 0 fully saturated rings. The number of hydrogen-bond donors (Lipinski definition) is 4. The summed E-state index contributed by atoms with van der Waals surface area (Å²) in [5.74, 6) is 0.0826. The molecule has 0 unspecified atom stereocenters. The maximum atomic E-state index is 13.3. The van der Waals surface area contributed by atoms with Crippen molar-refractivity contribution in [3.8, 4) is 0 Å². The summed E-state index contributed by atoms with van der Waals surface area (Å²) < 4.78 is 4.95. The van der Waals surface area contributed by atoms with Gasteiger partial charge in [-0.2, -0.15) is 0 Å². The summed E-state index contributed by atoms with van der Waals surface area (Å²) in [5.41, 5.74) is 2.75. The van der Waals surface area contributed by atoms with Crippen molar-refractivity contribution in [2.45, 2.75) is 11.8 Å². The number of fused-ring (bicyclic) bond motifs is 1. The fraction of sp³-hybridized carbons (Fsp3) is 0.0667. The van der Waals surface area contributed by atoms with E-state index < -0.39 is 11.8 Å². The van der Waals surface area contributed by atoms with Crippen molar-refractivity contribution < 1.29 is 18.9 Å². The molecule has 2 heterocycles. The van der Waals surface area contributed by atoms with E-state index in [1.807, 2.05) is 30.3 Å². The molecule has 0 aliphatic rings. The van der Waals surface area contributed by atoms with Gasteiger partial charge in [-0.1, -0.05) is 41.6 Å². The second-order valence-corrected chi connectivity index (χ2v) is 9.85. The number of rotatable bonds is 9. The summed E-state index contributed by atoms with van der Waals surface area (Å²) in [4.78, 5) is 42.4. The Hall–Kier alpha value is -5.09. The van der Waals surface area contributed by atoms with Crippen molar-refractivity contribution >= 4 is 58.0 Å². The summed E-state index contributed by atoms with van der Waals surface area (Å²) in [5, 5.41) is 12.9. The van der Waals surface area contributed by atoms with Crippen LogP contribution in [0.2, 0.25) is 0 Å². The number of anilines is 2. The molecule has 5 rings (SSSR count). The number of thioether (sulfide) groups is 1. The molecule has 2 aromatic heterocycles. The number of hydrogen-bond acceptors (Lipinski definition) is 6. The first kappa shape index (κ1) is 26.5. The van der Waals surface area contributed by atoms with Gasteiger partial charge in [0.15, 0.2) is 5.82 Å². The molecule has 0 aliphatic carbocycles. The first-order valence-electron chi connectivity index (χ1n) is 12.4. The van der Waals surface area contributed by atoms with E-state index in [1.165, 1.54) is 11.8 Å². The predicted molar refractivity (Wildman–Crippen MR) is 156 cm³/mol. The zero-order valence-electron chi connectivity index (χ0n) is 21.4. The highest BCUT2D eigenvalue weighted by molar-refractivity contribution is 8.00. The maximum absolute atomic E-state index is 13.3. The lowest BCUT2D eigenvalue weighted by molar-refractivity contribution is -0.114. The lowest BCUT2D eigenvalue weighted by atomic mass is 10.1. The maximum Gasteiger partial charge on any atom is 0.272 e. The SMILES string of the molecule is Cc1cc(NC(=O)CSc2ccc(NC(=O)C(=Cc3c[nH]c4ccccc34)NC(=O)c3ccccc3)cc2)no1. The van der Waals surface area contributed by atoms with Gasteiger partial charge in [-0.05, 0) is 55.5 Å². The zero-order chi connectivity index (χ0) is 27.9. The molecule has 0 saturated carbocycles. The normalized spacial score (nSPS) is 11.3. The van der Waals surface area contributed by atoms with Gasteiger partial charge < -0.3 is 25.5 Å². The third-order valence-corrected chi connectivity index (χ3v) is 6.84. The summed E-state index contributed by atoms with van der Waals surface area (Å²) >= 11 is 1.34. The Morgan fingerprint density at radius 2 is 1.70 bits per heavy atom. The van der Waals surface area contributed by atoms with E-state index in [0.717, 1.165) is 21.4 Å². The third-order valence-electron chi connectivity index (χ3n) is 5.83. The van der Waals surface area contributed by atoms with Crippen molar-refractivity contribution in [2.75, 3.05) is 16.4 Å². The van der Waals surface area contributed by atoms with Crippen LogP contribution in [0.15, 0.2) is 106 Å². The van der Waals surface area contributed by atoms with E-state index in [9.17, 15) is 14.4 Å². The number of carbonyl (C=O) groups is 3. The van der Waals surface area contributed by atoms with Crippen LogP contribution in [0, 0.1) is 6.92 Å². The molecule has 0 spiro atoms. The van der Waals surface area contributed by atoms with Crippen LogP contribution < -0.4 is 16.0 Å². The number of aromatic nitrogens is 2. The van der Waals surface area contributed by atoms with Gasteiger partial charge in [0.25, 0.3) is 11.8 Å². The van der Waals surface area contributed by atoms with E-state index in [4.69, 9.17) is 4.52 Å². The van der Waals surface area contributed by atoms with E-state index in [1.54, 1.807) is 73.8 Å². The van der Waals surface area contributed by atoms with Crippen LogP contribution >= 0.6 is 11.8 Å². The van der Waals surface area contributed by atoms with Crippen molar-refractivity contribution in [1.29, 1.82) is 0 Å². The molecule has 0 bridgehead atoms. The molecule has 0 aliphatic heterocycles. The van der Waals surface area contributed by atoms with Crippen molar-refractivity contribution in [1.82, 2.24) is 15.5 Å². The number of aromatic amines is 1. The van der Waals surface area contributed by atoms with E-state index in [2.05, 4.69) is 26.1 Å². The molecule has 0 radical (unpaired) electrons. The third kappa shape index (κ3) is 6.66. The number of H-pyrrole nitrogens is 1. The monoisotopic (exact) mass is 551 g/mol. The number of para-hydroxylation sites is 1. The average molecular weight is 552 g/mol. The molecule has 10 heteroatoms. The minimum Gasteiger partial charge on any atom is -0.361 e. The molecule has 9 nitrogen and oxygen atoms in total. The number of carbonyl (C=O) groups excluding carboxylic acids is 3. The number of aryl methyl sites for hydroxylation is 1. The minimum absolute atomic E-state index is 0.0943. The van der Waals surface area contributed by atoms with Crippen LogP contribution in [0.4, 0.5) is 11.5 Å². The number of benzene rings is 3. The Bertz CT molecular complexity index is 1690. The predicted octanol–water partition coefficient (Wildman–Crippen LogP) is 5.60. The Labute approximate surface area is 234 Å². The molecular weight excluding hydrogens is 526 g/mol. The largest absolute Gasteiger partial charge is 0.361 e. The smallest absolute Gasteiger partial charge is 0.272 e. The lowest BCUT2D eigenvalue weighted by Crippen LogP contribution is -2.30. The fourth-order valence-corrected chi connectivity index (χ4v) is 4.60. The van der Waals surface area contributed by atoms with Crippen molar-refractivity contribution in [3.05, 3.63) is 114 Å². The van der Waals surface area contributed by atoms with Gasteiger partial charge in [-0.25, -0.2) is 0 Å². The van der Waals surface area contributed by atoms with Crippen LogP contribution in [0.3, 0.4) is 0 Å². The van der Waals surface area contributed by atoms with E-state index in [-0.39, 0.29) is 17.4 Å². The molecule has 3 amide bonds. The summed E-state index contributed by atoms with van der Waals surface area (Å²) in [6.45, 7) is 1.75. The van der Waals surface area contributed by atoms with Gasteiger partial charge >= 0.3 is 0 Å². The molecular formula is C30H25N5O4S. The number of nitrogens with one attached hydrogen (secondary N) is 4. The Morgan fingerprint density at radius 1 is 0.950 bits per heavy atom. The molecule has 200 valence electrons. The van der Waals surface area contributed by atoms with Gasteiger partial charge in [0, 0.05) is 44.9 Å². The molecule has 3 aromatic carbocycles. The summed E-state index contributed by atoms with van der Waals surface area (Å²) in [6.07, 6.45) is 3.44. The van der Waals surface area contributed by atoms with Gasteiger partial charge in [0.2, 0.25) is 5.91 Å². The topological polar surface area (TPSA) is 129 Å². The second kappa shape index (κ2) is 12.2.